The number of rotatable bonds is 4. The number of likely N-dealkylation sites (tertiary alicyclic amines) is 1. The number of hydrogen-bond donors (Lipinski definition) is 2. The number of aromatic nitrogens is 1. The molecular formula is C22H25N5O3. The first-order valence-corrected chi connectivity index (χ1v) is 10.2. The van der Waals surface area contributed by atoms with Crippen molar-refractivity contribution in [2.75, 3.05) is 23.7 Å². The maximum atomic E-state index is 12.8. The quantitative estimate of drug-likeness (QED) is 0.812. The molecule has 156 valence electrons. The predicted molar refractivity (Wildman–Crippen MR) is 114 cm³/mol. The SMILES string of the molecule is CCc1cccc(NC(=O)N2CCC[C@@]3(CC(C(=O)Nc4cccnc4)=NO3)C2)c1. The molecule has 8 heteroatoms. The molecule has 2 aromatic rings. The standard InChI is InChI=1S/C22H25N5O3/c1-2-16-6-3-7-17(12-16)25-21(29)27-11-5-9-22(15-27)13-19(26-30-22)20(28)24-18-8-4-10-23-14-18/h3-4,6-8,10,12,14H,2,5,9,11,13,15H2,1H3,(H,24,28)(H,25,29)/t22-/m1/s1. The van der Waals surface area contributed by atoms with Crippen LogP contribution in [0.3, 0.4) is 0 Å². The van der Waals surface area contributed by atoms with E-state index < -0.39 is 5.60 Å². The molecule has 4 rings (SSSR count). The van der Waals surface area contributed by atoms with Crippen LogP contribution in [0.2, 0.25) is 0 Å². The molecule has 2 aliphatic rings. The number of amides is 3. The molecule has 30 heavy (non-hydrogen) atoms. The Labute approximate surface area is 175 Å². The summed E-state index contributed by atoms with van der Waals surface area (Å²) in [5.41, 5.74) is 2.23. The highest BCUT2D eigenvalue weighted by molar-refractivity contribution is 6.43. The minimum atomic E-state index is -0.650. The van der Waals surface area contributed by atoms with E-state index in [0.29, 0.717) is 30.9 Å². The molecule has 3 amide bonds. The molecule has 1 atom stereocenters. The number of nitrogens with zero attached hydrogens (tertiary/aromatic N) is 3. The van der Waals surface area contributed by atoms with E-state index in [0.717, 1.165) is 24.9 Å². The Kier molecular flexibility index (Phi) is 5.65. The minimum absolute atomic E-state index is 0.167. The van der Waals surface area contributed by atoms with E-state index in [1.807, 2.05) is 24.3 Å². The minimum Gasteiger partial charge on any atom is -0.386 e. The monoisotopic (exact) mass is 407 g/mol. The molecule has 1 fully saturated rings. The normalized spacial score (nSPS) is 20.4. The number of piperidine rings is 1. The van der Waals surface area contributed by atoms with Crippen molar-refractivity contribution in [1.29, 1.82) is 0 Å². The molecule has 1 spiro atoms. The molecule has 1 aromatic carbocycles. The first-order valence-electron chi connectivity index (χ1n) is 10.2. The number of hydrogen-bond acceptors (Lipinski definition) is 5. The van der Waals surface area contributed by atoms with Gasteiger partial charge in [0.25, 0.3) is 5.91 Å². The Morgan fingerprint density at radius 3 is 2.87 bits per heavy atom. The maximum absolute atomic E-state index is 12.8. The van der Waals surface area contributed by atoms with Crippen LogP contribution < -0.4 is 10.6 Å². The van der Waals surface area contributed by atoms with Gasteiger partial charge in [0.05, 0.1) is 18.4 Å². The molecule has 0 saturated carbocycles. The van der Waals surface area contributed by atoms with Crippen LogP contribution in [0, 0.1) is 0 Å². The average Bonchev–Trinajstić information content (AvgIpc) is 3.18. The molecule has 1 aromatic heterocycles. The number of benzene rings is 1. The first kappa shape index (κ1) is 19.9. The van der Waals surface area contributed by atoms with E-state index in [-0.39, 0.29) is 11.9 Å². The van der Waals surface area contributed by atoms with E-state index >= 15 is 0 Å². The molecule has 0 unspecified atom stereocenters. The van der Waals surface area contributed by atoms with Crippen molar-refractivity contribution >= 4 is 29.0 Å². The second-order valence-corrected chi connectivity index (χ2v) is 7.69. The number of nitrogens with one attached hydrogen (secondary N) is 2. The number of carbonyl (C=O) groups excluding carboxylic acids is 2. The summed E-state index contributed by atoms with van der Waals surface area (Å²) in [6, 6.07) is 11.2. The van der Waals surface area contributed by atoms with Crippen LogP contribution in [0.1, 0.15) is 31.7 Å². The van der Waals surface area contributed by atoms with Gasteiger partial charge in [0.1, 0.15) is 5.71 Å². The zero-order valence-electron chi connectivity index (χ0n) is 16.9. The average molecular weight is 407 g/mol. The van der Waals surface area contributed by atoms with Gasteiger partial charge < -0.3 is 20.4 Å². The Hall–Kier alpha value is -3.42. The second kappa shape index (κ2) is 8.52. The lowest BCUT2D eigenvalue weighted by Crippen LogP contribution is -2.52. The Bertz CT molecular complexity index is 962. The van der Waals surface area contributed by atoms with Crippen LogP contribution in [-0.4, -0.2) is 46.2 Å². The van der Waals surface area contributed by atoms with Gasteiger partial charge in [0, 0.05) is 24.8 Å². The largest absolute Gasteiger partial charge is 0.386 e. The van der Waals surface area contributed by atoms with Crippen LogP contribution in [0.5, 0.6) is 0 Å². The van der Waals surface area contributed by atoms with E-state index in [4.69, 9.17) is 4.84 Å². The summed E-state index contributed by atoms with van der Waals surface area (Å²) >= 11 is 0. The van der Waals surface area contributed by atoms with E-state index in [1.54, 1.807) is 29.4 Å². The number of carbonyl (C=O) groups is 2. The van der Waals surface area contributed by atoms with Crippen molar-refractivity contribution in [3.8, 4) is 0 Å². The number of oxime groups is 1. The van der Waals surface area contributed by atoms with Gasteiger partial charge in [-0.05, 0) is 49.1 Å². The Balaban J connectivity index is 1.36. The molecule has 8 nitrogen and oxygen atoms in total. The second-order valence-electron chi connectivity index (χ2n) is 7.69. The lowest BCUT2D eigenvalue weighted by molar-refractivity contribution is -0.110. The zero-order chi connectivity index (χ0) is 21.0. The third-order valence-corrected chi connectivity index (χ3v) is 5.43. The fourth-order valence-corrected chi connectivity index (χ4v) is 3.85. The fraction of sp³-hybridized carbons (Fsp3) is 0.364. The van der Waals surface area contributed by atoms with Crippen LogP contribution in [0.4, 0.5) is 16.2 Å². The molecule has 2 N–H and O–H groups in total. The summed E-state index contributed by atoms with van der Waals surface area (Å²) in [7, 11) is 0. The van der Waals surface area contributed by atoms with Crippen molar-refractivity contribution < 1.29 is 14.4 Å². The summed E-state index contributed by atoms with van der Waals surface area (Å²) in [5, 5.41) is 9.78. The van der Waals surface area contributed by atoms with Gasteiger partial charge in [-0.15, -0.1) is 0 Å². The number of pyridine rings is 1. The van der Waals surface area contributed by atoms with Crippen LogP contribution >= 0.6 is 0 Å². The summed E-state index contributed by atoms with van der Waals surface area (Å²) in [5.74, 6) is -0.308. The van der Waals surface area contributed by atoms with Gasteiger partial charge in [-0.1, -0.05) is 24.2 Å². The first-order chi connectivity index (χ1) is 14.6. The predicted octanol–water partition coefficient (Wildman–Crippen LogP) is 3.43. The van der Waals surface area contributed by atoms with E-state index in [2.05, 4.69) is 27.7 Å². The lowest BCUT2D eigenvalue weighted by Gasteiger charge is -2.38. The molecule has 1 saturated heterocycles. The van der Waals surface area contributed by atoms with E-state index in [9.17, 15) is 9.59 Å². The number of urea groups is 1. The number of anilines is 2. The zero-order valence-corrected chi connectivity index (χ0v) is 16.9. The van der Waals surface area contributed by atoms with Gasteiger partial charge in [-0.2, -0.15) is 0 Å². The summed E-state index contributed by atoms with van der Waals surface area (Å²) in [6.07, 6.45) is 6.02. The number of aryl methyl sites for hydroxylation is 1. The van der Waals surface area contributed by atoms with Crippen LogP contribution in [-0.2, 0) is 16.1 Å². The molecule has 0 radical (unpaired) electrons. The lowest BCUT2D eigenvalue weighted by atomic mass is 9.88. The van der Waals surface area contributed by atoms with Crippen LogP contribution in [0.25, 0.3) is 0 Å². The topological polar surface area (TPSA) is 95.9 Å². The van der Waals surface area contributed by atoms with Gasteiger partial charge >= 0.3 is 6.03 Å². The molecule has 0 aliphatic carbocycles. The molecular weight excluding hydrogens is 382 g/mol. The van der Waals surface area contributed by atoms with Crippen molar-refractivity contribution in [3.05, 3.63) is 54.4 Å². The maximum Gasteiger partial charge on any atom is 0.321 e. The molecule has 2 aliphatic heterocycles. The van der Waals surface area contributed by atoms with Crippen molar-refractivity contribution in [2.24, 2.45) is 5.16 Å². The van der Waals surface area contributed by atoms with Gasteiger partial charge in [-0.25, -0.2) is 4.79 Å². The van der Waals surface area contributed by atoms with Gasteiger partial charge in [0.2, 0.25) is 0 Å². The molecule has 0 bridgehead atoms. The third kappa shape index (κ3) is 4.42. The Morgan fingerprint density at radius 1 is 1.20 bits per heavy atom. The van der Waals surface area contributed by atoms with E-state index in [1.165, 1.54) is 5.56 Å². The summed E-state index contributed by atoms with van der Waals surface area (Å²) in [6.45, 7) is 3.11. The molecule has 3 heterocycles. The highest BCUT2D eigenvalue weighted by atomic mass is 16.7. The summed E-state index contributed by atoms with van der Waals surface area (Å²) < 4.78 is 0. The fourth-order valence-electron chi connectivity index (χ4n) is 3.85. The highest BCUT2D eigenvalue weighted by Crippen LogP contribution is 2.34. The third-order valence-electron chi connectivity index (χ3n) is 5.43. The highest BCUT2D eigenvalue weighted by Gasteiger charge is 2.45. The van der Waals surface area contributed by atoms with Gasteiger partial charge in [0.15, 0.2) is 5.60 Å². The smallest absolute Gasteiger partial charge is 0.321 e. The van der Waals surface area contributed by atoms with Crippen molar-refractivity contribution in [3.63, 3.8) is 0 Å². The Morgan fingerprint density at radius 2 is 2.07 bits per heavy atom. The summed E-state index contributed by atoms with van der Waals surface area (Å²) in [4.78, 5) is 36.7. The van der Waals surface area contributed by atoms with Gasteiger partial charge in [-0.3, -0.25) is 9.78 Å². The van der Waals surface area contributed by atoms with Crippen molar-refractivity contribution in [1.82, 2.24) is 9.88 Å². The van der Waals surface area contributed by atoms with Crippen LogP contribution in [0.15, 0.2) is 53.9 Å². The van der Waals surface area contributed by atoms with Crippen molar-refractivity contribution in [2.45, 2.75) is 38.2 Å².